The van der Waals surface area contributed by atoms with Crippen LogP contribution in [0.5, 0.6) is 0 Å². The zero-order valence-electron chi connectivity index (χ0n) is 7.17. The van der Waals surface area contributed by atoms with Crippen LogP contribution in [-0.4, -0.2) is 13.1 Å². The van der Waals surface area contributed by atoms with E-state index in [1.54, 1.807) is 0 Å². The number of methoxy groups -OCH3 is 1. The van der Waals surface area contributed by atoms with Crippen molar-refractivity contribution >= 4 is 29.2 Å². The third-order valence-electron chi connectivity index (χ3n) is 1.58. The molecule has 1 rings (SSSR count). The van der Waals surface area contributed by atoms with Crippen LogP contribution in [0, 0.1) is 11.3 Å². The molecule has 0 aromatic heterocycles. The molecule has 14 heavy (non-hydrogen) atoms. The molecule has 0 aliphatic carbocycles. The van der Waals surface area contributed by atoms with Gasteiger partial charge in [-0.15, -0.1) is 0 Å². The molecular weight excluding hydrogens is 225 g/mol. The Morgan fingerprint density at radius 1 is 1.43 bits per heavy atom. The topological polar surface area (TPSA) is 50.1 Å². The highest BCUT2D eigenvalue weighted by atomic mass is 35.5. The number of carbonyl (C=O) groups is 1. The van der Waals surface area contributed by atoms with Gasteiger partial charge in [-0.25, -0.2) is 4.79 Å². The molecule has 72 valence electrons. The molecule has 0 aliphatic heterocycles. The fourth-order valence-electron chi connectivity index (χ4n) is 0.901. The van der Waals surface area contributed by atoms with E-state index in [4.69, 9.17) is 28.5 Å². The highest BCUT2D eigenvalue weighted by Crippen LogP contribution is 2.25. The zero-order chi connectivity index (χ0) is 10.7. The van der Waals surface area contributed by atoms with Crippen molar-refractivity contribution in [3.63, 3.8) is 0 Å². The van der Waals surface area contributed by atoms with Gasteiger partial charge in [-0.1, -0.05) is 23.2 Å². The number of hydrogen-bond donors (Lipinski definition) is 0. The standard InChI is InChI=1S/C9H5Cl2NO2/c1-14-9(13)6-2-5(4-12)7(10)3-8(6)11/h2-3H,1H3. The van der Waals surface area contributed by atoms with Gasteiger partial charge in [-0.2, -0.15) is 5.26 Å². The van der Waals surface area contributed by atoms with E-state index in [2.05, 4.69) is 4.74 Å². The molecule has 0 bridgehead atoms. The maximum atomic E-state index is 11.2. The van der Waals surface area contributed by atoms with Gasteiger partial charge in [0.05, 0.1) is 28.3 Å². The first-order valence-electron chi connectivity index (χ1n) is 3.57. The van der Waals surface area contributed by atoms with Crippen LogP contribution in [0.15, 0.2) is 12.1 Å². The Balaban J connectivity index is 3.33. The molecule has 0 amide bonds. The molecule has 0 heterocycles. The van der Waals surface area contributed by atoms with E-state index in [-0.39, 0.29) is 21.2 Å². The van der Waals surface area contributed by atoms with Crippen molar-refractivity contribution < 1.29 is 9.53 Å². The summed E-state index contributed by atoms with van der Waals surface area (Å²) in [6.45, 7) is 0. The molecule has 5 heteroatoms. The van der Waals surface area contributed by atoms with E-state index in [0.717, 1.165) is 0 Å². The summed E-state index contributed by atoms with van der Waals surface area (Å²) < 4.78 is 4.48. The Labute approximate surface area is 90.8 Å². The van der Waals surface area contributed by atoms with Crippen LogP contribution < -0.4 is 0 Å². The second-order valence-corrected chi connectivity index (χ2v) is 3.23. The molecule has 0 N–H and O–H groups in total. The van der Waals surface area contributed by atoms with Crippen molar-refractivity contribution in [1.29, 1.82) is 5.26 Å². The molecule has 0 fully saturated rings. The third-order valence-corrected chi connectivity index (χ3v) is 2.21. The van der Waals surface area contributed by atoms with Crippen LogP contribution in [0.1, 0.15) is 15.9 Å². The van der Waals surface area contributed by atoms with Crippen molar-refractivity contribution in [2.45, 2.75) is 0 Å². The SMILES string of the molecule is COC(=O)c1cc(C#N)c(Cl)cc1Cl. The Bertz CT molecular complexity index is 424. The maximum Gasteiger partial charge on any atom is 0.339 e. The molecule has 1 aromatic carbocycles. The van der Waals surface area contributed by atoms with E-state index < -0.39 is 5.97 Å². The summed E-state index contributed by atoms with van der Waals surface area (Å²) >= 11 is 11.4. The second-order valence-electron chi connectivity index (χ2n) is 2.42. The predicted molar refractivity (Wildman–Crippen MR) is 52.5 cm³/mol. The first-order valence-corrected chi connectivity index (χ1v) is 4.33. The van der Waals surface area contributed by atoms with Gasteiger partial charge in [0.15, 0.2) is 0 Å². The molecule has 0 unspecified atom stereocenters. The van der Waals surface area contributed by atoms with Crippen molar-refractivity contribution in [2.24, 2.45) is 0 Å². The lowest BCUT2D eigenvalue weighted by atomic mass is 10.1. The largest absolute Gasteiger partial charge is 0.465 e. The van der Waals surface area contributed by atoms with Gasteiger partial charge in [0, 0.05) is 0 Å². The van der Waals surface area contributed by atoms with E-state index in [1.165, 1.54) is 19.2 Å². The Kier molecular flexibility index (Phi) is 3.34. The van der Waals surface area contributed by atoms with Crippen LogP contribution in [0.25, 0.3) is 0 Å². The van der Waals surface area contributed by atoms with Crippen molar-refractivity contribution in [2.75, 3.05) is 7.11 Å². The third kappa shape index (κ3) is 1.98. The number of nitrogens with zero attached hydrogens (tertiary/aromatic N) is 1. The highest BCUT2D eigenvalue weighted by Gasteiger charge is 2.13. The van der Waals surface area contributed by atoms with E-state index in [9.17, 15) is 4.79 Å². The zero-order valence-corrected chi connectivity index (χ0v) is 8.69. The van der Waals surface area contributed by atoms with E-state index >= 15 is 0 Å². The number of carbonyl (C=O) groups excluding carboxylic acids is 1. The molecule has 0 atom stereocenters. The summed E-state index contributed by atoms with van der Waals surface area (Å²) in [6.07, 6.45) is 0. The lowest BCUT2D eigenvalue weighted by Crippen LogP contribution is -2.02. The maximum absolute atomic E-state index is 11.2. The Morgan fingerprint density at radius 3 is 2.57 bits per heavy atom. The lowest BCUT2D eigenvalue weighted by molar-refractivity contribution is 0.0601. The summed E-state index contributed by atoms with van der Waals surface area (Å²) in [7, 11) is 1.24. The molecule has 3 nitrogen and oxygen atoms in total. The van der Waals surface area contributed by atoms with Gasteiger partial charge in [0.2, 0.25) is 0 Å². The lowest BCUT2D eigenvalue weighted by Gasteiger charge is -2.03. The van der Waals surface area contributed by atoms with E-state index in [1.807, 2.05) is 6.07 Å². The number of nitriles is 1. The number of halogens is 2. The van der Waals surface area contributed by atoms with Crippen LogP contribution in [0.2, 0.25) is 10.0 Å². The van der Waals surface area contributed by atoms with Crippen LogP contribution in [0.4, 0.5) is 0 Å². The average Bonchev–Trinajstić information content (AvgIpc) is 2.17. The summed E-state index contributed by atoms with van der Waals surface area (Å²) in [5.74, 6) is -0.594. The second kappa shape index (κ2) is 4.32. The number of benzene rings is 1. The molecular formula is C9H5Cl2NO2. The fraction of sp³-hybridized carbons (Fsp3) is 0.111. The number of hydrogen-bond acceptors (Lipinski definition) is 3. The number of ether oxygens (including phenoxy) is 1. The Morgan fingerprint density at radius 2 is 2.07 bits per heavy atom. The minimum absolute atomic E-state index is 0.134. The number of esters is 1. The minimum Gasteiger partial charge on any atom is -0.465 e. The molecule has 1 aromatic rings. The summed E-state index contributed by atoms with van der Waals surface area (Å²) in [5, 5.41) is 9.04. The van der Waals surface area contributed by atoms with Crippen LogP contribution in [-0.2, 0) is 4.74 Å². The summed E-state index contributed by atoms with van der Waals surface area (Å²) in [4.78, 5) is 11.2. The molecule has 0 radical (unpaired) electrons. The molecule has 0 aliphatic rings. The smallest absolute Gasteiger partial charge is 0.339 e. The summed E-state index contributed by atoms with van der Waals surface area (Å²) in [6, 6.07) is 4.49. The van der Waals surface area contributed by atoms with Crippen LogP contribution >= 0.6 is 23.2 Å². The molecule has 0 spiro atoms. The van der Waals surface area contributed by atoms with Crippen LogP contribution in [0.3, 0.4) is 0 Å². The van der Waals surface area contributed by atoms with E-state index in [0.29, 0.717) is 0 Å². The average molecular weight is 230 g/mol. The predicted octanol–water partition coefficient (Wildman–Crippen LogP) is 2.65. The van der Waals surface area contributed by atoms with Crippen molar-refractivity contribution in [3.8, 4) is 6.07 Å². The first-order chi connectivity index (χ1) is 6.60. The van der Waals surface area contributed by atoms with Crippen molar-refractivity contribution in [3.05, 3.63) is 33.3 Å². The van der Waals surface area contributed by atoms with Gasteiger partial charge in [0.1, 0.15) is 6.07 Å². The highest BCUT2D eigenvalue weighted by molar-refractivity contribution is 6.37. The van der Waals surface area contributed by atoms with Gasteiger partial charge in [-0.3, -0.25) is 0 Å². The summed E-state index contributed by atoms with van der Waals surface area (Å²) in [5.41, 5.74) is 0.326. The monoisotopic (exact) mass is 229 g/mol. The minimum atomic E-state index is -0.594. The number of rotatable bonds is 1. The van der Waals surface area contributed by atoms with Gasteiger partial charge in [0.25, 0.3) is 0 Å². The van der Waals surface area contributed by atoms with Gasteiger partial charge < -0.3 is 4.74 Å². The first kappa shape index (κ1) is 10.8. The quantitative estimate of drug-likeness (QED) is 0.696. The van der Waals surface area contributed by atoms with Crippen molar-refractivity contribution in [1.82, 2.24) is 0 Å². The van der Waals surface area contributed by atoms with Gasteiger partial charge >= 0.3 is 5.97 Å². The molecule has 0 saturated carbocycles. The van der Waals surface area contributed by atoms with Gasteiger partial charge in [-0.05, 0) is 12.1 Å². The molecule has 0 saturated heterocycles. The Hall–Kier alpha value is -1.24. The normalized spacial score (nSPS) is 9.29. The fourth-order valence-corrected chi connectivity index (χ4v) is 1.40.